The van der Waals surface area contributed by atoms with E-state index >= 15 is 0 Å². The summed E-state index contributed by atoms with van der Waals surface area (Å²) in [4.78, 5) is 13.6. The molecule has 0 bridgehead atoms. The Morgan fingerprint density at radius 2 is 2.10 bits per heavy atom. The number of carboxylic acids is 1. The van der Waals surface area contributed by atoms with Gasteiger partial charge in [0.25, 0.3) is 0 Å². The number of hydrogen-bond acceptors (Lipinski definition) is 2. The lowest BCUT2D eigenvalue weighted by Crippen LogP contribution is -2.37. The zero-order chi connectivity index (χ0) is 14.3. The minimum Gasteiger partial charge on any atom is -0.477 e. The van der Waals surface area contributed by atoms with E-state index in [1.165, 1.54) is 24.9 Å². The van der Waals surface area contributed by atoms with Crippen LogP contribution < -0.4 is 4.90 Å². The lowest BCUT2D eigenvalue weighted by molar-refractivity contribution is 0.0687. The second-order valence-electron chi connectivity index (χ2n) is 5.68. The molecule has 1 N–H and O–H groups in total. The van der Waals surface area contributed by atoms with Crippen LogP contribution in [0.15, 0.2) is 24.3 Å². The van der Waals surface area contributed by atoms with Crippen molar-refractivity contribution in [3.05, 3.63) is 30.0 Å². The van der Waals surface area contributed by atoms with Gasteiger partial charge in [-0.3, -0.25) is 0 Å². The largest absolute Gasteiger partial charge is 0.477 e. The summed E-state index contributed by atoms with van der Waals surface area (Å²) in [7, 11) is 1.80. The van der Waals surface area contributed by atoms with Crippen LogP contribution in [-0.2, 0) is 7.05 Å². The molecule has 1 atom stereocenters. The fourth-order valence-electron chi connectivity index (χ4n) is 3.20. The summed E-state index contributed by atoms with van der Waals surface area (Å²) in [5.74, 6) is -0.878. The number of carboxylic acid groups (broad SMARTS) is 1. The van der Waals surface area contributed by atoms with Gasteiger partial charge in [-0.15, -0.1) is 0 Å². The highest BCUT2D eigenvalue weighted by atomic mass is 16.4. The van der Waals surface area contributed by atoms with E-state index < -0.39 is 5.97 Å². The topological polar surface area (TPSA) is 45.5 Å². The predicted octanol–water partition coefficient (Wildman–Crippen LogP) is 3.26. The zero-order valence-electron chi connectivity index (χ0n) is 12.0. The van der Waals surface area contributed by atoms with E-state index in [4.69, 9.17) is 0 Å². The van der Waals surface area contributed by atoms with Crippen LogP contribution in [0.25, 0.3) is 10.9 Å². The van der Waals surface area contributed by atoms with Crippen LogP contribution in [0.2, 0.25) is 0 Å². The molecule has 0 aliphatic carbocycles. The molecule has 0 radical (unpaired) electrons. The molecule has 1 aliphatic rings. The number of hydrogen-bond donors (Lipinski definition) is 1. The molecule has 1 aromatic heterocycles. The van der Waals surface area contributed by atoms with E-state index in [0.29, 0.717) is 11.7 Å². The van der Waals surface area contributed by atoms with Crippen LogP contribution in [0.5, 0.6) is 0 Å². The number of aromatic carboxylic acids is 1. The number of fused-ring (bicyclic) bond motifs is 1. The maximum atomic E-state index is 11.2. The maximum Gasteiger partial charge on any atom is 0.352 e. The predicted molar refractivity (Wildman–Crippen MR) is 80.5 cm³/mol. The summed E-state index contributed by atoms with van der Waals surface area (Å²) in [5.41, 5.74) is 2.51. The van der Waals surface area contributed by atoms with Gasteiger partial charge in [0.05, 0.1) is 0 Å². The molecule has 1 saturated heterocycles. The first-order valence-corrected chi connectivity index (χ1v) is 7.17. The number of rotatable bonds is 2. The molecular formula is C16H20N2O2. The third-order valence-electron chi connectivity index (χ3n) is 4.38. The quantitative estimate of drug-likeness (QED) is 0.912. The number of piperidine rings is 1. The first-order valence-electron chi connectivity index (χ1n) is 7.17. The van der Waals surface area contributed by atoms with Crippen molar-refractivity contribution >= 4 is 22.6 Å². The average Bonchev–Trinajstić information content (AvgIpc) is 2.76. The van der Waals surface area contributed by atoms with Crippen molar-refractivity contribution < 1.29 is 9.90 Å². The molecule has 1 fully saturated rings. The number of aromatic nitrogens is 1. The third kappa shape index (κ3) is 2.05. The monoisotopic (exact) mass is 272 g/mol. The molecule has 1 aromatic carbocycles. The van der Waals surface area contributed by atoms with E-state index in [1.54, 1.807) is 17.7 Å². The molecule has 0 saturated carbocycles. The van der Waals surface area contributed by atoms with Crippen molar-refractivity contribution in [2.75, 3.05) is 11.4 Å². The van der Waals surface area contributed by atoms with E-state index in [2.05, 4.69) is 24.0 Å². The fraction of sp³-hybridized carbons (Fsp3) is 0.438. The minimum atomic E-state index is -0.878. The van der Waals surface area contributed by atoms with Gasteiger partial charge in [-0.25, -0.2) is 4.79 Å². The van der Waals surface area contributed by atoms with Gasteiger partial charge in [-0.2, -0.15) is 0 Å². The molecule has 4 nitrogen and oxygen atoms in total. The smallest absolute Gasteiger partial charge is 0.352 e. The van der Waals surface area contributed by atoms with Gasteiger partial charge in [0.2, 0.25) is 0 Å². The number of anilines is 1. The second kappa shape index (κ2) is 4.85. The molecule has 4 heteroatoms. The lowest BCUT2D eigenvalue weighted by atomic mass is 10.0. The average molecular weight is 272 g/mol. The summed E-state index contributed by atoms with van der Waals surface area (Å²) >= 11 is 0. The van der Waals surface area contributed by atoms with E-state index in [9.17, 15) is 9.90 Å². The molecule has 20 heavy (non-hydrogen) atoms. The first kappa shape index (κ1) is 13.0. The summed E-state index contributed by atoms with van der Waals surface area (Å²) in [5, 5.41) is 10.2. The summed E-state index contributed by atoms with van der Waals surface area (Å²) < 4.78 is 1.74. The summed E-state index contributed by atoms with van der Waals surface area (Å²) in [6.07, 6.45) is 3.76. The van der Waals surface area contributed by atoms with Gasteiger partial charge in [-0.05, 0) is 50.5 Å². The minimum absolute atomic E-state index is 0.337. The van der Waals surface area contributed by atoms with E-state index in [-0.39, 0.29) is 0 Å². The standard InChI is InChI=1S/C16H20N2O2/c1-11-5-3-4-8-18(11)13-6-7-14-12(9-13)10-15(16(19)20)17(14)2/h6-7,9-11H,3-5,8H2,1-2H3,(H,19,20). The first-order chi connectivity index (χ1) is 9.58. The molecule has 1 unspecified atom stereocenters. The summed E-state index contributed by atoms with van der Waals surface area (Å²) in [6, 6.07) is 8.57. The Labute approximate surface area is 118 Å². The maximum absolute atomic E-state index is 11.2. The molecule has 1 aliphatic heterocycles. The summed E-state index contributed by atoms with van der Waals surface area (Å²) in [6.45, 7) is 3.35. The van der Waals surface area contributed by atoms with E-state index in [1.807, 2.05) is 6.07 Å². The molecule has 0 spiro atoms. The Hall–Kier alpha value is -1.97. The Kier molecular flexibility index (Phi) is 3.16. The molecule has 2 heterocycles. The molecule has 3 rings (SSSR count). The van der Waals surface area contributed by atoms with Crippen LogP contribution in [-0.4, -0.2) is 28.2 Å². The van der Waals surface area contributed by atoms with Crippen LogP contribution in [0.3, 0.4) is 0 Å². The second-order valence-corrected chi connectivity index (χ2v) is 5.68. The van der Waals surface area contributed by atoms with Gasteiger partial charge in [0.1, 0.15) is 5.69 Å². The number of nitrogens with zero attached hydrogens (tertiary/aromatic N) is 2. The van der Waals surface area contributed by atoms with Crippen molar-refractivity contribution in [2.45, 2.75) is 32.2 Å². The Balaban J connectivity index is 2.04. The lowest BCUT2D eigenvalue weighted by Gasteiger charge is -2.35. The highest BCUT2D eigenvalue weighted by Gasteiger charge is 2.19. The fourth-order valence-corrected chi connectivity index (χ4v) is 3.20. The van der Waals surface area contributed by atoms with Crippen molar-refractivity contribution in [2.24, 2.45) is 7.05 Å². The molecule has 106 valence electrons. The van der Waals surface area contributed by atoms with Crippen LogP contribution in [0, 0.1) is 0 Å². The zero-order valence-corrected chi connectivity index (χ0v) is 12.0. The SMILES string of the molecule is CC1CCCCN1c1ccc2c(c1)cc(C(=O)O)n2C. The van der Waals surface area contributed by atoms with Crippen LogP contribution in [0.4, 0.5) is 5.69 Å². The number of aryl methyl sites for hydroxylation is 1. The third-order valence-corrected chi connectivity index (χ3v) is 4.38. The normalized spacial score (nSPS) is 19.5. The van der Waals surface area contributed by atoms with Gasteiger partial charge in [0, 0.05) is 36.2 Å². The van der Waals surface area contributed by atoms with Gasteiger partial charge >= 0.3 is 5.97 Å². The number of carbonyl (C=O) groups is 1. The number of benzene rings is 1. The van der Waals surface area contributed by atoms with Crippen LogP contribution >= 0.6 is 0 Å². The molecular weight excluding hydrogens is 252 g/mol. The Morgan fingerprint density at radius 1 is 1.30 bits per heavy atom. The molecule has 0 amide bonds. The van der Waals surface area contributed by atoms with E-state index in [0.717, 1.165) is 17.4 Å². The van der Waals surface area contributed by atoms with Crippen LogP contribution in [0.1, 0.15) is 36.7 Å². The van der Waals surface area contributed by atoms with Gasteiger partial charge < -0.3 is 14.6 Å². The van der Waals surface area contributed by atoms with Crippen molar-refractivity contribution in [3.8, 4) is 0 Å². The van der Waals surface area contributed by atoms with Crippen molar-refractivity contribution in [1.82, 2.24) is 4.57 Å². The van der Waals surface area contributed by atoms with Gasteiger partial charge in [-0.1, -0.05) is 0 Å². The highest BCUT2D eigenvalue weighted by Crippen LogP contribution is 2.29. The molecule has 2 aromatic rings. The highest BCUT2D eigenvalue weighted by molar-refractivity contribution is 5.95. The Bertz CT molecular complexity index is 660. The van der Waals surface area contributed by atoms with Crippen molar-refractivity contribution in [3.63, 3.8) is 0 Å². The Morgan fingerprint density at radius 3 is 2.80 bits per heavy atom. The van der Waals surface area contributed by atoms with Gasteiger partial charge in [0.15, 0.2) is 0 Å². The van der Waals surface area contributed by atoms with Crippen molar-refractivity contribution in [1.29, 1.82) is 0 Å².